The second-order valence-electron chi connectivity index (χ2n) is 4.95. The van der Waals surface area contributed by atoms with Gasteiger partial charge >= 0.3 is 0 Å². The molecule has 112 valence electrons. The molecule has 3 rings (SSSR count). The summed E-state index contributed by atoms with van der Waals surface area (Å²) in [4.78, 5) is 4.45. The molecule has 0 spiro atoms. The third kappa shape index (κ3) is 2.79. The number of halogens is 4. The van der Waals surface area contributed by atoms with E-state index in [0.717, 1.165) is 17.0 Å². The van der Waals surface area contributed by atoms with Gasteiger partial charge in [-0.2, -0.15) is 0 Å². The number of benzene rings is 2. The van der Waals surface area contributed by atoms with Crippen LogP contribution in [0.4, 0.5) is 13.2 Å². The fraction of sp³-hybridized carbons (Fsp3) is 0.118. The standard InChI is InChI=1S/C17H11ClF3N/c18-13-9-11(22-15-4-2-1-3-12(13)15)7-5-10-6-8-14(19)17(21)16(10)20/h1-4,6,8-9H,5,7H2. The third-order valence-electron chi connectivity index (χ3n) is 3.48. The number of hydrogen-bond donors (Lipinski definition) is 0. The summed E-state index contributed by atoms with van der Waals surface area (Å²) in [5, 5.41) is 1.40. The van der Waals surface area contributed by atoms with Crippen LogP contribution in [-0.4, -0.2) is 4.98 Å². The van der Waals surface area contributed by atoms with Gasteiger partial charge in [0.1, 0.15) is 0 Å². The number of para-hydroxylation sites is 1. The quantitative estimate of drug-likeness (QED) is 0.612. The van der Waals surface area contributed by atoms with Gasteiger partial charge in [-0.3, -0.25) is 4.98 Å². The fourth-order valence-corrected chi connectivity index (χ4v) is 2.62. The molecule has 0 N–H and O–H groups in total. The van der Waals surface area contributed by atoms with E-state index >= 15 is 0 Å². The second-order valence-corrected chi connectivity index (χ2v) is 5.35. The monoisotopic (exact) mass is 321 g/mol. The summed E-state index contributed by atoms with van der Waals surface area (Å²) >= 11 is 6.20. The molecule has 3 aromatic rings. The molecule has 1 nitrogen and oxygen atoms in total. The van der Waals surface area contributed by atoms with E-state index in [1.165, 1.54) is 6.07 Å². The number of aryl methyl sites for hydroxylation is 2. The van der Waals surface area contributed by atoms with E-state index in [1.807, 2.05) is 24.3 Å². The Morgan fingerprint density at radius 1 is 0.909 bits per heavy atom. The van der Waals surface area contributed by atoms with Crippen molar-refractivity contribution < 1.29 is 13.2 Å². The number of nitrogens with zero attached hydrogens (tertiary/aromatic N) is 1. The first-order valence-corrected chi connectivity index (χ1v) is 7.10. The number of aromatic nitrogens is 1. The lowest BCUT2D eigenvalue weighted by molar-refractivity contribution is 0.440. The van der Waals surface area contributed by atoms with E-state index in [9.17, 15) is 13.2 Å². The van der Waals surface area contributed by atoms with Gasteiger partial charge in [0.25, 0.3) is 0 Å². The number of hydrogen-bond acceptors (Lipinski definition) is 1. The minimum Gasteiger partial charge on any atom is -0.253 e. The third-order valence-corrected chi connectivity index (χ3v) is 3.80. The lowest BCUT2D eigenvalue weighted by Gasteiger charge is -2.07. The molecule has 1 aromatic heterocycles. The molecule has 0 amide bonds. The Morgan fingerprint density at radius 2 is 1.68 bits per heavy atom. The summed E-state index contributed by atoms with van der Waals surface area (Å²) in [5.74, 6) is -3.78. The Balaban J connectivity index is 1.87. The predicted octanol–water partition coefficient (Wildman–Crippen LogP) is 5.09. The van der Waals surface area contributed by atoms with Gasteiger partial charge in [-0.05, 0) is 36.6 Å². The first-order chi connectivity index (χ1) is 10.6. The molecular formula is C17H11ClF3N. The van der Waals surface area contributed by atoms with E-state index < -0.39 is 17.5 Å². The molecule has 5 heteroatoms. The predicted molar refractivity (Wildman–Crippen MR) is 80.5 cm³/mol. The SMILES string of the molecule is Fc1ccc(CCc2cc(Cl)c3ccccc3n2)c(F)c1F. The van der Waals surface area contributed by atoms with Crippen LogP contribution in [0.15, 0.2) is 42.5 Å². The normalized spacial score (nSPS) is 11.1. The van der Waals surface area contributed by atoms with Gasteiger partial charge in [0.15, 0.2) is 17.5 Å². The van der Waals surface area contributed by atoms with Crippen LogP contribution in [0.3, 0.4) is 0 Å². The molecule has 0 unspecified atom stereocenters. The largest absolute Gasteiger partial charge is 0.253 e. The lowest BCUT2D eigenvalue weighted by atomic mass is 10.1. The van der Waals surface area contributed by atoms with Gasteiger partial charge < -0.3 is 0 Å². The Labute approximate surface area is 130 Å². The van der Waals surface area contributed by atoms with E-state index in [-0.39, 0.29) is 12.0 Å². The fourth-order valence-electron chi connectivity index (χ4n) is 2.33. The molecule has 0 bridgehead atoms. The summed E-state index contributed by atoms with van der Waals surface area (Å²) in [6.45, 7) is 0. The number of fused-ring (bicyclic) bond motifs is 1. The molecule has 1 heterocycles. The Morgan fingerprint density at radius 3 is 2.50 bits per heavy atom. The van der Waals surface area contributed by atoms with Crippen LogP contribution in [0.25, 0.3) is 10.9 Å². The average molecular weight is 322 g/mol. The van der Waals surface area contributed by atoms with Crippen LogP contribution in [0.5, 0.6) is 0 Å². The van der Waals surface area contributed by atoms with E-state index in [2.05, 4.69) is 4.98 Å². The van der Waals surface area contributed by atoms with Gasteiger partial charge in [0.05, 0.1) is 10.5 Å². The number of rotatable bonds is 3. The maximum absolute atomic E-state index is 13.6. The van der Waals surface area contributed by atoms with E-state index in [1.54, 1.807) is 6.07 Å². The van der Waals surface area contributed by atoms with Crippen molar-refractivity contribution in [2.75, 3.05) is 0 Å². The van der Waals surface area contributed by atoms with Crippen molar-refractivity contribution in [3.8, 4) is 0 Å². The molecule has 0 radical (unpaired) electrons. The Bertz CT molecular complexity index is 849. The number of pyridine rings is 1. The zero-order chi connectivity index (χ0) is 15.7. The van der Waals surface area contributed by atoms with Crippen LogP contribution in [-0.2, 0) is 12.8 Å². The first kappa shape index (κ1) is 14.9. The van der Waals surface area contributed by atoms with Gasteiger partial charge in [0.2, 0.25) is 0 Å². The van der Waals surface area contributed by atoms with E-state index in [0.29, 0.717) is 17.1 Å². The summed E-state index contributed by atoms with van der Waals surface area (Å²) in [5.41, 5.74) is 1.54. The zero-order valence-corrected chi connectivity index (χ0v) is 12.2. The highest BCUT2D eigenvalue weighted by Crippen LogP contribution is 2.24. The second kappa shape index (κ2) is 5.97. The van der Waals surface area contributed by atoms with Crippen molar-refractivity contribution in [2.24, 2.45) is 0 Å². The maximum atomic E-state index is 13.6. The van der Waals surface area contributed by atoms with Gasteiger partial charge in [-0.25, -0.2) is 13.2 Å². The summed E-state index contributed by atoms with van der Waals surface area (Å²) in [7, 11) is 0. The molecule has 0 aliphatic carbocycles. The lowest BCUT2D eigenvalue weighted by Crippen LogP contribution is -2.01. The molecule has 2 aromatic carbocycles. The van der Waals surface area contributed by atoms with Crippen LogP contribution < -0.4 is 0 Å². The molecule has 22 heavy (non-hydrogen) atoms. The van der Waals surface area contributed by atoms with Crippen molar-refractivity contribution in [3.63, 3.8) is 0 Å². The van der Waals surface area contributed by atoms with Crippen LogP contribution >= 0.6 is 11.6 Å². The zero-order valence-electron chi connectivity index (χ0n) is 11.4. The first-order valence-electron chi connectivity index (χ1n) is 6.73. The van der Waals surface area contributed by atoms with Crippen LogP contribution in [0.1, 0.15) is 11.3 Å². The van der Waals surface area contributed by atoms with Gasteiger partial charge in [0, 0.05) is 11.1 Å². The Kier molecular flexibility index (Phi) is 4.03. The highest BCUT2D eigenvalue weighted by Gasteiger charge is 2.13. The van der Waals surface area contributed by atoms with Crippen LogP contribution in [0.2, 0.25) is 5.02 Å². The molecular weight excluding hydrogens is 311 g/mol. The average Bonchev–Trinajstić information content (AvgIpc) is 2.52. The molecule has 0 fully saturated rings. The van der Waals surface area contributed by atoms with Crippen molar-refractivity contribution in [3.05, 3.63) is 76.2 Å². The van der Waals surface area contributed by atoms with Crippen molar-refractivity contribution in [2.45, 2.75) is 12.8 Å². The van der Waals surface area contributed by atoms with Gasteiger partial charge in [-0.1, -0.05) is 35.9 Å². The van der Waals surface area contributed by atoms with Gasteiger partial charge in [-0.15, -0.1) is 0 Å². The summed E-state index contributed by atoms with van der Waals surface area (Å²) < 4.78 is 39.7. The highest BCUT2D eigenvalue weighted by atomic mass is 35.5. The van der Waals surface area contributed by atoms with Crippen molar-refractivity contribution in [1.82, 2.24) is 4.98 Å². The topological polar surface area (TPSA) is 12.9 Å². The molecule has 0 saturated heterocycles. The van der Waals surface area contributed by atoms with Crippen molar-refractivity contribution in [1.29, 1.82) is 0 Å². The molecule has 0 aliphatic heterocycles. The molecule has 0 aliphatic rings. The summed E-state index contributed by atoms with van der Waals surface area (Å²) in [6.07, 6.45) is 0.594. The minimum absolute atomic E-state index is 0.116. The minimum atomic E-state index is -1.44. The highest BCUT2D eigenvalue weighted by molar-refractivity contribution is 6.35. The smallest absolute Gasteiger partial charge is 0.194 e. The van der Waals surface area contributed by atoms with Crippen molar-refractivity contribution >= 4 is 22.5 Å². The van der Waals surface area contributed by atoms with E-state index in [4.69, 9.17) is 11.6 Å². The summed E-state index contributed by atoms with van der Waals surface area (Å²) in [6, 6.07) is 11.3. The maximum Gasteiger partial charge on any atom is 0.194 e. The Hall–Kier alpha value is -2.07. The van der Waals surface area contributed by atoms with Crippen LogP contribution in [0, 0.1) is 17.5 Å². The molecule has 0 atom stereocenters. The molecule has 0 saturated carbocycles.